The summed E-state index contributed by atoms with van der Waals surface area (Å²) in [5.41, 5.74) is 5.93. The molecule has 1 fully saturated rings. The first-order valence-electron chi connectivity index (χ1n) is 6.97. The molecule has 21 heavy (non-hydrogen) atoms. The number of anilines is 1. The molecule has 114 valence electrons. The van der Waals surface area contributed by atoms with Gasteiger partial charge in [0.2, 0.25) is 5.91 Å². The monoisotopic (exact) mass is 354 g/mol. The number of nitrogens with zero attached hydrogens (tertiary/aromatic N) is 1. The van der Waals surface area contributed by atoms with Crippen molar-refractivity contribution in [3.63, 3.8) is 0 Å². The molecule has 0 saturated carbocycles. The van der Waals surface area contributed by atoms with Crippen LogP contribution in [0.5, 0.6) is 0 Å². The average Bonchev–Trinajstić information content (AvgIpc) is 2.46. The maximum Gasteiger partial charge on any atom is 0.311 e. The lowest BCUT2D eigenvalue weighted by atomic mass is 9.77. The largest absolute Gasteiger partial charge is 0.481 e. The molecular formula is C15H19BrN2O3. The maximum atomic E-state index is 11.6. The van der Waals surface area contributed by atoms with Crippen molar-refractivity contribution in [2.75, 3.05) is 18.0 Å². The molecule has 1 atom stereocenters. The molecule has 1 heterocycles. The van der Waals surface area contributed by atoms with Gasteiger partial charge in [-0.15, -0.1) is 0 Å². The Labute approximate surface area is 132 Å². The van der Waals surface area contributed by atoms with Crippen molar-refractivity contribution in [2.45, 2.75) is 26.2 Å². The summed E-state index contributed by atoms with van der Waals surface area (Å²) in [6.07, 6.45) is 2.16. The first-order chi connectivity index (χ1) is 9.89. The van der Waals surface area contributed by atoms with E-state index in [1.54, 1.807) is 6.07 Å². The second kappa shape index (κ2) is 6.05. The van der Waals surface area contributed by atoms with Crippen LogP contribution < -0.4 is 10.6 Å². The summed E-state index contributed by atoms with van der Waals surface area (Å²) in [6.45, 7) is 3.22. The Bertz CT molecular complexity index is 576. The quantitative estimate of drug-likeness (QED) is 0.870. The minimum atomic E-state index is -0.734. The molecule has 1 amide bonds. The predicted molar refractivity (Wildman–Crippen MR) is 84.5 cm³/mol. The number of carboxylic acid groups (broad SMARTS) is 1. The zero-order valence-corrected chi connectivity index (χ0v) is 13.5. The van der Waals surface area contributed by atoms with Gasteiger partial charge in [-0.2, -0.15) is 0 Å². The zero-order chi connectivity index (χ0) is 15.6. The maximum absolute atomic E-state index is 11.6. The molecule has 6 heteroatoms. The van der Waals surface area contributed by atoms with Gasteiger partial charge in [-0.25, -0.2) is 0 Å². The lowest BCUT2D eigenvalue weighted by Gasteiger charge is -2.40. The molecule has 0 radical (unpaired) electrons. The van der Waals surface area contributed by atoms with Gasteiger partial charge in [-0.05, 0) is 53.4 Å². The number of carbonyl (C=O) groups excluding carboxylic acids is 1. The number of nitrogens with two attached hydrogens (primary N) is 1. The molecule has 0 bridgehead atoms. The van der Waals surface area contributed by atoms with E-state index in [-0.39, 0.29) is 0 Å². The third-order valence-corrected chi connectivity index (χ3v) is 4.95. The van der Waals surface area contributed by atoms with Gasteiger partial charge in [0.15, 0.2) is 0 Å². The summed E-state index contributed by atoms with van der Waals surface area (Å²) in [4.78, 5) is 24.9. The standard InChI is InChI=1S/C15H19BrN2O3/c1-2-15(14(20)21)6-3-7-18(9-15)10-4-5-11(13(17)19)12(16)8-10/h4-5,8H,2-3,6-7,9H2,1H3,(H2,17,19)(H,20,21). The topological polar surface area (TPSA) is 83.6 Å². The van der Waals surface area contributed by atoms with E-state index < -0.39 is 17.3 Å². The fourth-order valence-electron chi connectivity index (χ4n) is 2.87. The van der Waals surface area contributed by atoms with E-state index in [1.807, 2.05) is 19.1 Å². The first kappa shape index (κ1) is 15.8. The molecule has 0 spiro atoms. The summed E-state index contributed by atoms with van der Waals surface area (Å²) >= 11 is 3.35. The molecule has 1 saturated heterocycles. The highest BCUT2D eigenvalue weighted by Crippen LogP contribution is 2.36. The van der Waals surface area contributed by atoms with E-state index in [4.69, 9.17) is 5.73 Å². The highest BCUT2D eigenvalue weighted by molar-refractivity contribution is 9.10. The van der Waals surface area contributed by atoms with Crippen LogP contribution >= 0.6 is 15.9 Å². The van der Waals surface area contributed by atoms with Crippen molar-refractivity contribution in [1.82, 2.24) is 0 Å². The molecule has 1 aliphatic heterocycles. The number of hydrogen-bond donors (Lipinski definition) is 2. The van der Waals surface area contributed by atoms with Crippen LogP contribution in [0.15, 0.2) is 22.7 Å². The van der Waals surface area contributed by atoms with Crippen molar-refractivity contribution in [2.24, 2.45) is 11.1 Å². The van der Waals surface area contributed by atoms with Crippen LogP contribution in [-0.4, -0.2) is 30.1 Å². The van der Waals surface area contributed by atoms with Crippen molar-refractivity contribution in [3.05, 3.63) is 28.2 Å². The Kier molecular flexibility index (Phi) is 4.56. The van der Waals surface area contributed by atoms with Gasteiger partial charge >= 0.3 is 5.97 Å². The van der Waals surface area contributed by atoms with Crippen LogP contribution in [0, 0.1) is 5.41 Å². The number of hydrogen-bond acceptors (Lipinski definition) is 3. The van der Waals surface area contributed by atoms with Gasteiger partial charge in [0.25, 0.3) is 0 Å². The smallest absolute Gasteiger partial charge is 0.311 e. The number of benzene rings is 1. The molecule has 0 aromatic heterocycles. The summed E-state index contributed by atoms with van der Waals surface area (Å²) in [5, 5.41) is 9.53. The highest BCUT2D eigenvalue weighted by Gasteiger charge is 2.40. The van der Waals surface area contributed by atoms with E-state index in [2.05, 4.69) is 20.8 Å². The zero-order valence-electron chi connectivity index (χ0n) is 11.9. The highest BCUT2D eigenvalue weighted by atomic mass is 79.9. The molecule has 1 aliphatic rings. The Hall–Kier alpha value is -1.56. The number of carboxylic acids is 1. The van der Waals surface area contributed by atoms with Crippen molar-refractivity contribution in [1.29, 1.82) is 0 Å². The molecule has 1 unspecified atom stereocenters. The molecular weight excluding hydrogens is 336 g/mol. The number of halogens is 1. The minimum Gasteiger partial charge on any atom is -0.481 e. The molecule has 1 aromatic rings. The van der Waals surface area contributed by atoms with Gasteiger partial charge in [0, 0.05) is 23.2 Å². The minimum absolute atomic E-state index is 0.427. The fourth-order valence-corrected chi connectivity index (χ4v) is 3.43. The van der Waals surface area contributed by atoms with E-state index >= 15 is 0 Å². The molecule has 3 N–H and O–H groups in total. The first-order valence-corrected chi connectivity index (χ1v) is 7.76. The van der Waals surface area contributed by atoms with Crippen LogP contribution in [0.1, 0.15) is 36.5 Å². The Morgan fingerprint density at radius 2 is 2.19 bits per heavy atom. The molecule has 2 rings (SSSR count). The van der Waals surface area contributed by atoms with Crippen LogP contribution in [0.3, 0.4) is 0 Å². The third kappa shape index (κ3) is 3.05. The predicted octanol–water partition coefficient (Wildman–Crippen LogP) is 2.63. The normalized spacial score (nSPS) is 22.1. The summed E-state index contributed by atoms with van der Waals surface area (Å²) in [5.74, 6) is -1.22. The van der Waals surface area contributed by atoms with Crippen molar-refractivity contribution >= 4 is 33.5 Å². The lowest BCUT2D eigenvalue weighted by Crippen LogP contribution is -2.47. The van der Waals surface area contributed by atoms with Gasteiger partial charge < -0.3 is 15.7 Å². The average molecular weight is 355 g/mol. The second-order valence-electron chi connectivity index (χ2n) is 5.49. The summed E-state index contributed by atoms with van der Waals surface area (Å²) in [6, 6.07) is 5.32. The van der Waals surface area contributed by atoms with Crippen LogP contribution in [0.4, 0.5) is 5.69 Å². The van der Waals surface area contributed by atoms with E-state index in [0.29, 0.717) is 29.4 Å². The summed E-state index contributed by atoms with van der Waals surface area (Å²) in [7, 11) is 0. The molecule has 1 aromatic carbocycles. The van der Waals surface area contributed by atoms with E-state index in [9.17, 15) is 14.7 Å². The molecule has 0 aliphatic carbocycles. The lowest BCUT2D eigenvalue weighted by molar-refractivity contribution is -0.149. The van der Waals surface area contributed by atoms with Crippen LogP contribution in [0.2, 0.25) is 0 Å². The second-order valence-corrected chi connectivity index (χ2v) is 6.35. The van der Waals surface area contributed by atoms with Crippen LogP contribution in [0.25, 0.3) is 0 Å². The van der Waals surface area contributed by atoms with E-state index in [0.717, 1.165) is 18.7 Å². The number of amides is 1. The Balaban J connectivity index is 2.28. The Morgan fingerprint density at radius 1 is 1.48 bits per heavy atom. The fraction of sp³-hybridized carbons (Fsp3) is 0.467. The van der Waals surface area contributed by atoms with Gasteiger partial charge in [0.05, 0.1) is 11.0 Å². The van der Waals surface area contributed by atoms with Gasteiger partial charge in [-0.1, -0.05) is 6.92 Å². The Morgan fingerprint density at radius 3 is 2.71 bits per heavy atom. The third-order valence-electron chi connectivity index (χ3n) is 4.29. The van der Waals surface area contributed by atoms with Crippen LogP contribution in [-0.2, 0) is 4.79 Å². The number of aliphatic carboxylic acids is 1. The van der Waals surface area contributed by atoms with Crippen molar-refractivity contribution in [3.8, 4) is 0 Å². The van der Waals surface area contributed by atoms with Gasteiger partial charge in [-0.3, -0.25) is 9.59 Å². The van der Waals surface area contributed by atoms with Gasteiger partial charge in [0.1, 0.15) is 0 Å². The SMILES string of the molecule is CCC1(C(=O)O)CCCN(c2ccc(C(N)=O)c(Br)c2)C1. The molecule has 5 nitrogen and oxygen atoms in total. The number of rotatable bonds is 4. The van der Waals surface area contributed by atoms with Crippen molar-refractivity contribution < 1.29 is 14.7 Å². The number of primary amides is 1. The number of piperidine rings is 1. The number of carbonyl (C=O) groups is 2. The summed E-state index contributed by atoms with van der Waals surface area (Å²) < 4.78 is 0.635. The van der Waals surface area contributed by atoms with E-state index in [1.165, 1.54) is 0 Å².